The van der Waals surface area contributed by atoms with Gasteiger partial charge in [-0.2, -0.15) is 0 Å². The van der Waals surface area contributed by atoms with Crippen LogP contribution in [0.15, 0.2) is 58.4 Å². The van der Waals surface area contributed by atoms with Gasteiger partial charge in [-0.15, -0.1) is 0 Å². The summed E-state index contributed by atoms with van der Waals surface area (Å²) >= 11 is 0. The maximum Gasteiger partial charge on any atom is 0.326 e. The van der Waals surface area contributed by atoms with Crippen molar-refractivity contribution in [3.8, 4) is 11.6 Å². The van der Waals surface area contributed by atoms with Crippen LogP contribution in [0.25, 0.3) is 10.8 Å². The second-order valence-corrected chi connectivity index (χ2v) is 10.8. The van der Waals surface area contributed by atoms with Crippen molar-refractivity contribution in [2.24, 2.45) is 0 Å². The van der Waals surface area contributed by atoms with Gasteiger partial charge in [0, 0.05) is 44.1 Å². The Morgan fingerprint density at radius 1 is 1.07 bits per heavy atom. The fourth-order valence-corrected chi connectivity index (χ4v) is 5.60. The molecule has 9 heteroatoms. The van der Waals surface area contributed by atoms with E-state index in [1.807, 2.05) is 43.0 Å². The minimum atomic E-state index is -1.03. The first-order chi connectivity index (χ1) is 19.9. The predicted octanol–water partition coefficient (Wildman–Crippen LogP) is 5.01. The minimum Gasteiger partial charge on any atom is -0.480 e. The average molecular weight is 557 g/mol. The van der Waals surface area contributed by atoms with Crippen LogP contribution in [-0.4, -0.2) is 46.7 Å². The molecule has 1 fully saturated rings. The average Bonchev–Trinajstić information content (AvgIpc) is 3.25. The molecule has 2 aromatic carbocycles. The number of anilines is 2. The molecule has 214 valence electrons. The SMILES string of the molecule is CCCCN(c1c(N2CCCCCC2)c(=O)c1=O)[C@@H](Cc1ccc(Oc2nc(C)cc3ccncc23)cc1)C(=O)O. The number of carboxylic acid groups (broad SMARTS) is 1. The quantitative estimate of drug-likeness (QED) is 0.255. The van der Waals surface area contributed by atoms with Crippen molar-refractivity contribution in [2.75, 3.05) is 29.4 Å². The summed E-state index contributed by atoms with van der Waals surface area (Å²) in [6, 6.07) is 10.1. The molecule has 0 spiro atoms. The molecule has 0 amide bonds. The summed E-state index contributed by atoms with van der Waals surface area (Å²) in [4.78, 5) is 50.7. The van der Waals surface area contributed by atoms with Gasteiger partial charge in [-0.1, -0.05) is 38.3 Å². The van der Waals surface area contributed by atoms with Gasteiger partial charge in [0.2, 0.25) is 5.88 Å². The third-order valence-corrected chi connectivity index (χ3v) is 7.78. The third kappa shape index (κ3) is 6.09. The van der Waals surface area contributed by atoms with Crippen LogP contribution >= 0.6 is 0 Å². The fourth-order valence-electron chi connectivity index (χ4n) is 5.60. The number of hydrogen-bond donors (Lipinski definition) is 1. The van der Waals surface area contributed by atoms with Gasteiger partial charge in [-0.3, -0.25) is 14.6 Å². The molecular weight excluding hydrogens is 520 g/mol. The summed E-state index contributed by atoms with van der Waals surface area (Å²) in [7, 11) is 0. The number of aliphatic carboxylic acids is 1. The topological polar surface area (TPSA) is 113 Å². The van der Waals surface area contributed by atoms with E-state index < -0.39 is 22.9 Å². The summed E-state index contributed by atoms with van der Waals surface area (Å²) in [6.45, 7) is 5.73. The first kappa shape index (κ1) is 28.3. The zero-order valence-corrected chi connectivity index (χ0v) is 23.6. The van der Waals surface area contributed by atoms with Crippen molar-refractivity contribution in [1.29, 1.82) is 0 Å². The normalized spacial score (nSPS) is 14.6. The lowest BCUT2D eigenvalue weighted by molar-refractivity contribution is -0.138. The van der Waals surface area contributed by atoms with Crippen molar-refractivity contribution in [1.82, 2.24) is 9.97 Å². The number of aromatic nitrogens is 2. The Hall–Kier alpha value is -4.27. The number of carbonyl (C=O) groups is 1. The highest BCUT2D eigenvalue weighted by Crippen LogP contribution is 2.31. The van der Waals surface area contributed by atoms with E-state index >= 15 is 0 Å². The molecule has 0 aliphatic carbocycles. The van der Waals surface area contributed by atoms with Gasteiger partial charge in [0.15, 0.2) is 0 Å². The summed E-state index contributed by atoms with van der Waals surface area (Å²) in [5.41, 5.74) is 1.19. The number of hydrogen-bond acceptors (Lipinski definition) is 8. The van der Waals surface area contributed by atoms with Crippen molar-refractivity contribution in [3.05, 3.63) is 80.5 Å². The summed E-state index contributed by atoms with van der Waals surface area (Å²) in [5, 5.41) is 12.1. The number of aryl methyl sites for hydroxylation is 1. The molecule has 1 aliphatic heterocycles. The van der Waals surface area contributed by atoms with Gasteiger partial charge in [0.25, 0.3) is 10.9 Å². The summed E-state index contributed by atoms with van der Waals surface area (Å²) in [6.07, 6.45) is 9.24. The molecule has 1 atom stereocenters. The number of unbranched alkanes of at least 4 members (excludes halogenated alkanes) is 1. The van der Waals surface area contributed by atoms with Gasteiger partial charge < -0.3 is 19.6 Å². The van der Waals surface area contributed by atoms with Crippen LogP contribution in [0.4, 0.5) is 11.4 Å². The Balaban J connectivity index is 1.40. The number of rotatable bonds is 11. The predicted molar refractivity (Wildman–Crippen MR) is 160 cm³/mol. The van der Waals surface area contributed by atoms with Gasteiger partial charge in [0.1, 0.15) is 23.2 Å². The first-order valence-corrected chi connectivity index (χ1v) is 14.4. The van der Waals surface area contributed by atoms with E-state index in [9.17, 15) is 19.5 Å². The maximum atomic E-state index is 12.9. The highest BCUT2D eigenvalue weighted by atomic mass is 16.5. The van der Waals surface area contributed by atoms with E-state index in [-0.39, 0.29) is 12.1 Å². The largest absolute Gasteiger partial charge is 0.480 e. The Labute approximate surface area is 239 Å². The van der Waals surface area contributed by atoms with Crippen LogP contribution in [-0.2, 0) is 11.2 Å². The van der Waals surface area contributed by atoms with E-state index in [2.05, 4.69) is 9.97 Å². The first-order valence-electron chi connectivity index (χ1n) is 14.4. The molecular formula is C32H36N4O5. The molecule has 4 aromatic rings. The van der Waals surface area contributed by atoms with E-state index in [0.29, 0.717) is 43.4 Å². The number of fused-ring (bicyclic) bond motifs is 1. The molecule has 5 rings (SSSR count). The van der Waals surface area contributed by atoms with Crippen LogP contribution in [0.3, 0.4) is 0 Å². The number of pyridine rings is 2. The van der Waals surface area contributed by atoms with Gasteiger partial charge in [0.05, 0.1) is 5.39 Å². The lowest BCUT2D eigenvalue weighted by Crippen LogP contribution is -2.52. The molecule has 0 bridgehead atoms. The molecule has 3 heterocycles. The van der Waals surface area contributed by atoms with E-state index in [1.165, 1.54) is 0 Å². The monoisotopic (exact) mass is 556 g/mol. The van der Waals surface area contributed by atoms with Gasteiger partial charge in [-0.05, 0) is 61.4 Å². The van der Waals surface area contributed by atoms with Gasteiger partial charge in [-0.25, -0.2) is 9.78 Å². The van der Waals surface area contributed by atoms with Crippen molar-refractivity contribution in [2.45, 2.75) is 64.8 Å². The lowest BCUT2D eigenvalue weighted by atomic mass is 10.0. The minimum absolute atomic E-state index is 0.174. The second kappa shape index (κ2) is 12.5. The lowest BCUT2D eigenvalue weighted by Gasteiger charge is -2.36. The Kier molecular flexibility index (Phi) is 8.61. The Morgan fingerprint density at radius 3 is 2.49 bits per heavy atom. The van der Waals surface area contributed by atoms with Crippen LogP contribution in [0.5, 0.6) is 11.6 Å². The number of nitrogens with zero attached hydrogens (tertiary/aromatic N) is 4. The molecule has 2 aromatic heterocycles. The molecule has 0 saturated carbocycles. The van der Waals surface area contributed by atoms with E-state index in [1.54, 1.807) is 29.4 Å². The van der Waals surface area contributed by atoms with Crippen LogP contribution < -0.4 is 25.4 Å². The number of ether oxygens (including phenoxy) is 1. The smallest absolute Gasteiger partial charge is 0.326 e. The van der Waals surface area contributed by atoms with Crippen LogP contribution in [0.2, 0.25) is 0 Å². The summed E-state index contributed by atoms with van der Waals surface area (Å²) < 4.78 is 6.09. The second-order valence-electron chi connectivity index (χ2n) is 10.8. The number of carboxylic acids is 1. The van der Waals surface area contributed by atoms with Crippen molar-refractivity contribution >= 4 is 28.1 Å². The maximum absolute atomic E-state index is 12.9. The van der Waals surface area contributed by atoms with E-state index in [4.69, 9.17) is 4.74 Å². The Morgan fingerprint density at radius 2 is 1.80 bits per heavy atom. The van der Waals surface area contributed by atoms with Gasteiger partial charge >= 0.3 is 5.97 Å². The molecule has 9 nitrogen and oxygen atoms in total. The van der Waals surface area contributed by atoms with Crippen molar-refractivity contribution in [3.63, 3.8) is 0 Å². The van der Waals surface area contributed by atoms with Crippen LogP contribution in [0, 0.1) is 6.92 Å². The molecule has 1 aliphatic rings. The zero-order chi connectivity index (χ0) is 28.9. The molecule has 0 radical (unpaired) electrons. The molecule has 41 heavy (non-hydrogen) atoms. The highest BCUT2D eigenvalue weighted by Gasteiger charge is 2.36. The fraction of sp³-hybridized carbons (Fsp3) is 0.406. The highest BCUT2D eigenvalue weighted by molar-refractivity contribution is 5.86. The molecule has 1 N–H and O–H groups in total. The van der Waals surface area contributed by atoms with E-state index in [0.717, 1.165) is 54.1 Å². The summed E-state index contributed by atoms with van der Waals surface area (Å²) in [5.74, 6) is -0.00647. The van der Waals surface area contributed by atoms with Crippen LogP contribution in [0.1, 0.15) is 56.7 Å². The molecule has 0 unspecified atom stereocenters. The standard InChI is InChI=1S/C32H36N4O5/c1-3-4-17-36(28-27(29(37)30(28)38)35-15-7-5-6-8-16-35)26(32(39)40)19-22-9-11-24(12-10-22)41-31-25-20-33-14-13-23(25)18-21(2)34-31/h9-14,18,20,26H,3-8,15-17,19H2,1-2H3,(H,39,40)/t26-/m0/s1. The third-order valence-electron chi connectivity index (χ3n) is 7.78. The molecule has 1 saturated heterocycles. The Bertz CT molecular complexity index is 1580. The zero-order valence-electron chi connectivity index (χ0n) is 23.6. The number of benzene rings is 1. The van der Waals surface area contributed by atoms with Crippen molar-refractivity contribution < 1.29 is 14.6 Å².